The van der Waals surface area contributed by atoms with E-state index >= 15 is 0 Å². The van der Waals surface area contributed by atoms with Gasteiger partial charge in [-0.25, -0.2) is 8.42 Å². The van der Waals surface area contributed by atoms with Gasteiger partial charge >= 0.3 is 0 Å². The predicted octanol–water partition coefficient (Wildman–Crippen LogP) is 1.79. The molecule has 6 nitrogen and oxygen atoms in total. The summed E-state index contributed by atoms with van der Waals surface area (Å²) < 4.78 is 25.8. The predicted molar refractivity (Wildman–Crippen MR) is 88.2 cm³/mol. The zero-order valence-electron chi connectivity index (χ0n) is 12.1. The maximum absolute atomic E-state index is 11.7. The molecule has 0 heterocycles. The van der Waals surface area contributed by atoms with Crippen molar-refractivity contribution in [3.8, 4) is 0 Å². The van der Waals surface area contributed by atoms with E-state index in [0.29, 0.717) is 17.8 Å². The standard InChI is InChI=1S/C13H21N3O3S.ClH/c1-3-7-20(18,19)16-12-6-4-5-11(8-12)15-13(17)10(2)9-14;/h4-6,8,10,16H,3,7,9,14H2,1-2H3,(H,15,17);1H. The van der Waals surface area contributed by atoms with E-state index in [4.69, 9.17) is 5.73 Å². The van der Waals surface area contributed by atoms with Crippen LogP contribution in [0.4, 0.5) is 11.4 Å². The molecule has 1 amide bonds. The van der Waals surface area contributed by atoms with Gasteiger partial charge in [0.1, 0.15) is 0 Å². The number of amides is 1. The Hall–Kier alpha value is -1.31. The van der Waals surface area contributed by atoms with Crippen LogP contribution in [0.15, 0.2) is 24.3 Å². The van der Waals surface area contributed by atoms with E-state index in [2.05, 4.69) is 10.0 Å². The number of carbonyl (C=O) groups is 1. The number of halogens is 1. The van der Waals surface area contributed by atoms with Gasteiger partial charge in [0.05, 0.1) is 11.4 Å². The van der Waals surface area contributed by atoms with Crippen LogP contribution in [0.1, 0.15) is 20.3 Å². The molecule has 1 aromatic rings. The summed E-state index contributed by atoms with van der Waals surface area (Å²) in [7, 11) is -3.33. The Morgan fingerprint density at radius 1 is 1.33 bits per heavy atom. The van der Waals surface area contributed by atoms with Crippen molar-refractivity contribution in [2.24, 2.45) is 11.7 Å². The first-order valence-corrected chi connectivity index (χ1v) is 8.14. The molecule has 4 N–H and O–H groups in total. The van der Waals surface area contributed by atoms with Gasteiger partial charge in [-0.15, -0.1) is 12.4 Å². The van der Waals surface area contributed by atoms with Gasteiger partial charge < -0.3 is 11.1 Å². The number of carbonyl (C=O) groups excluding carboxylic acids is 1. The Balaban J connectivity index is 0.00000400. The first-order chi connectivity index (χ1) is 9.38. The molecule has 1 unspecified atom stereocenters. The minimum absolute atomic E-state index is 0. The van der Waals surface area contributed by atoms with E-state index in [-0.39, 0.29) is 36.5 Å². The Labute approximate surface area is 132 Å². The van der Waals surface area contributed by atoms with Crippen molar-refractivity contribution in [2.75, 3.05) is 22.3 Å². The third-order valence-corrected chi connectivity index (χ3v) is 4.17. The Kier molecular flexibility index (Phi) is 8.31. The van der Waals surface area contributed by atoms with Gasteiger partial charge in [0.2, 0.25) is 15.9 Å². The molecular formula is C13H22ClN3O3S. The van der Waals surface area contributed by atoms with Crippen LogP contribution in [0.25, 0.3) is 0 Å². The molecule has 8 heteroatoms. The number of sulfonamides is 1. The Morgan fingerprint density at radius 2 is 1.95 bits per heavy atom. The summed E-state index contributed by atoms with van der Waals surface area (Å²) >= 11 is 0. The van der Waals surface area contributed by atoms with Gasteiger partial charge in [-0.3, -0.25) is 9.52 Å². The minimum atomic E-state index is -3.33. The zero-order valence-corrected chi connectivity index (χ0v) is 13.8. The number of nitrogens with one attached hydrogen (secondary N) is 2. The highest BCUT2D eigenvalue weighted by Gasteiger charge is 2.12. The molecule has 1 rings (SSSR count). The van der Waals surface area contributed by atoms with Crippen molar-refractivity contribution in [1.29, 1.82) is 0 Å². The number of hydrogen-bond acceptors (Lipinski definition) is 4. The number of rotatable bonds is 7. The molecule has 0 aliphatic rings. The van der Waals surface area contributed by atoms with Crippen molar-refractivity contribution in [3.63, 3.8) is 0 Å². The summed E-state index contributed by atoms with van der Waals surface area (Å²) in [6, 6.07) is 6.58. The summed E-state index contributed by atoms with van der Waals surface area (Å²) in [5.41, 5.74) is 6.38. The normalized spacial score (nSPS) is 12.1. The van der Waals surface area contributed by atoms with Crippen LogP contribution >= 0.6 is 12.4 Å². The zero-order chi connectivity index (χ0) is 15.2. The van der Waals surface area contributed by atoms with E-state index in [9.17, 15) is 13.2 Å². The minimum Gasteiger partial charge on any atom is -0.330 e. The monoisotopic (exact) mass is 335 g/mol. The lowest BCUT2D eigenvalue weighted by molar-refractivity contribution is -0.119. The van der Waals surface area contributed by atoms with E-state index in [1.807, 2.05) is 0 Å². The molecule has 0 spiro atoms. The Morgan fingerprint density at radius 3 is 2.52 bits per heavy atom. The topological polar surface area (TPSA) is 101 Å². The fourth-order valence-corrected chi connectivity index (χ4v) is 2.66. The lowest BCUT2D eigenvalue weighted by Gasteiger charge is -2.12. The lowest BCUT2D eigenvalue weighted by atomic mass is 10.1. The molecule has 120 valence electrons. The van der Waals surface area contributed by atoms with E-state index in [1.165, 1.54) is 0 Å². The summed E-state index contributed by atoms with van der Waals surface area (Å²) in [4.78, 5) is 11.7. The number of anilines is 2. The maximum atomic E-state index is 11.7. The van der Waals surface area contributed by atoms with Gasteiger partial charge in [-0.1, -0.05) is 19.9 Å². The molecule has 0 radical (unpaired) electrons. The van der Waals surface area contributed by atoms with Crippen LogP contribution in [0.2, 0.25) is 0 Å². The van der Waals surface area contributed by atoms with Crippen LogP contribution in [0.3, 0.4) is 0 Å². The largest absolute Gasteiger partial charge is 0.330 e. The number of nitrogens with two attached hydrogens (primary N) is 1. The smallest absolute Gasteiger partial charge is 0.232 e. The van der Waals surface area contributed by atoms with Gasteiger partial charge in [-0.05, 0) is 24.6 Å². The average Bonchev–Trinajstić information content (AvgIpc) is 2.37. The van der Waals surface area contributed by atoms with Crippen molar-refractivity contribution >= 4 is 39.7 Å². The van der Waals surface area contributed by atoms with E-state index in [0.717, 1.165) is 0 Å². The van der Waals surface area contributed by atoms with Gasteiger partial charge in [0.25, 0.3) is 0 Å². The van der Waals surface area contributed by atoms with E-state index < -0.39 is 10.0 Å². The SMILES string of the molecule is CCCS(=O)(=O)Nc1cccc(NC(=O)C(C)CN)c1.Cl. The molecule has 0 aliphatic heterocycles. The third-order valence-electron chi connectivity index (χ3n) is 2.68. The second kappa shape index (κ2) is 8.86. The van der Waals surface area contributed by atoms with Crippen LogP contribution in [-0.4, -0.2) is 26.6 Å². The molecular weight excluding hydrogens is 314 g/mol. The average molecular weight is 336 g/mol. The second-order valence-corrected chi connectivity index (χ2v) is 6.47. The second-order valence-electron chi connectivity index (χ2n) is 4.63. The van der Waals surface area contributed by atoms with Crippen LogP contribution in [0.5, 0.6) is 0 Å². The molecule has 1 atom stereocenters. The van der Waals surface area contributed by atoms with Crippen LogP contribution in [0, 0.1) is 5.92 Å². The molecule has 21 heavy (non-hydrogen) atoms. The number of benzene rings is 1. The highest BCUT2D eigenvalue weighted by Crippen LogP contribution is 2.17. The first-order valence-electron chi connectivity index (χ1n) is 6.49. The molecule has 0 aliphatic carbocycles. The number of hydrogen-bond donors (Lipinski definition) is 3. The molecule has 0 saturated heterocycles. The van der Waals surface area contributed by atoms with Crippen molar-refractivity contribution in [3.05, 3.63) is 24.3 Å². The first kappa shape index (κ1) is 19.7. The fraction of sp³-hybridized carbons (Fsp3) is 0.462. The fourth-order valence-electron chi connectivity index (χ4n) is 1.53. The summed E-state index contributed by atoms with van der Waals surface area (Å²) in [5.74, 6) is -0.426. The summed E-state index contributed by atoms with van der Waals surface area (Å²) in [6.07, 6.45) is 0.541. The molecule has 0 aromatic heterocycles. The van der Waals surface area contributed by atoms with Crippen molar-refractivity contribution in [2.45, 2.75) is 20.3 Å². The Bertz CT molecular complexity index is 564. The lowest BCUT2D eigenvalue weighted by Crippen LogP contribution is -2.26. The van der Waals surface area contributed by atoms with Crippen LogP contribution < -0.4 is 15.8 Å². The van der Waals surface area contributed by atoms with Crippen LogP contribution in [-0.2, 0) is 14.8 Å². The van der Waals surface area contributed by atoms with Gasteiger partial charge in [-0.2, -0.15) is 0 Å². The van der Waals surface area contributed by atoms with E-state index in [1.54, 1.807) is 38.1 Å². The third kappa shape index (κ3) is 6.79. The molecule has 0 saturated carbocycles. The van der Waals surface area contributed by atoms with Crippen molar-refractivity contribution in [1.82, 2.24) is 0 Å². The molecule has 0 bridgehead atoms. The van der Waals surface area contributed by atoms with Gasteiger partial charge in [0.15, 0.2) is 0 Å². The quantitative estimate of drug-likeness (QED) is 0.707. The maximum Gasteiger partial charge on any atom is 0.232 e. The summed E-state index contributed by atoms with van der Waals surface area (Å²) in [5, 5.41) is 2.70. The highest BCUT2D eigenvalue weighted by atomic mass is 35.5. The van der Waals surface area contributed by atoms with Crippen molar-refractivity contribution < 1.29 is 13.2 Å². The summed E-state index contributed by atoms with van der Waals surface area (Å²) in [6.45, 7) is 3.78. The van der Waals surface area contributed by atoms with Gasteiger partial charge in [0, 0.05) is 18.2 Å². The molecule has 1 aromatic carbocycles. The highest BCUT2D eigenvalue weighted by molar-refractivity contribution is 7.92. The molecule has 0 fully saturated rings.